The summed E-state index contributed by atoms with van der Waals surface area (Å²) in [5, 5.41) is 7.16. The van der Waals surface area contributed by atoms with Gasteiger partial charge in [0.15, 0.2) is 0 Å². The number of aryl methyl sites for hydroxylation is 1. The summed E-state index contributed by atoms with van der Waals surface area (Å²) in [5.41, 5.74) is 0.274. The summed E-state index contributed by atoms with van der Waals surface area (Å²) in [6, 6.07) is 2.60. The van der Waals surface area contributed by atoms with Crippen molar-refractivity contribution in [1.29, 1.82) is 0 Å². The number of rotatable bonds is 4. The Bertz CT molecular complexity index is 642. The maximum atomic E-state index is 12.2. The van der Waals surface area contributed by atoms with Gasteiger partial charge in [0.05, 0.1) is 11.3 Å². The molecule has 0 aliphatic heterocycles. The summed E-state index contributed by atoms with van der Waals surface area (Å²) >= 11 is 0. The first-order chi connectivity index (χ1) is 9.40. The second kappa shape index (κ2) is 6.02. The van der Waals surface area contributed by atoms with Crippen LogP contribution in [-0.4, -0.2) is 26.5 Å². The molecule has 1 rings (SSSR count). The highest BCUT2D eigenvalue weighted by molar-refractivity contribution is 7.89. The van der Waals surface area contributed by atoms with Crippen LogP contribution in [0.1, 0.15) is 29.3 Å². The van der Waals surface area contributed by atoms with E-state index >= 15 is 0 Å². The molecule has 118 valence electrons. The van der Waals surface area contributed by atoms with Gasteiger partial charge in [-0.1, -0.05) is 6.07 Å². The average molecular weight is 324 g/mol. The molecular formula is C12H15F3N2O3S. The lowest BCUT2D eigenvalue weighted by Crippen LogP contribution is -2.36. The smallest absolute Gasteiger partial charge is 0.349 e. The highest BCUT2D eigenvalue weighted by atomic mass is 32.2. The van der Waals surface area contributed by atoms with Crippen molar-refractivity contribution in [1.82, 2.24) is 5.32 Å². The van der Waals surface area contributed by atoms with Crippen molar-refractivity contribution in [3.8, 4) is 0 Å². The highest BCUT2D eigenvalue weighted by Gasteiger charge is 2.30. The summed E-state index contributed by atoms with van der Waals surface area (Å²) in [5.74, 6) is -0.795. The van der Waals surface area contributed by atoms with Crippen molar-refractivity contribution in [2.24, 2.45) is 5.14 Å². The van der Waals surface area contributed by atoms with Crippen LogP contribution < -0.4 is 10.5 Å². The third-order valence-corrected chi connectivity index (χ3v) is 3.72. The minimum atomic E-state index is -4.40. The number of nitrogens with two attached hydrogens (primary N) is 1. The summed E-state index contributed by atoms with van der Waals surface area (Å²) in [6.45, 7) is 2.70. The fourth-order valence-electron chi connectivity index (χ4n) is 1.75. The largest absolute Gasteiger partial charge is 0.391 e. The molecule has 0 radical (unpaired) electrons. The third-order valence-electron chi connectivity index (χ3n) is 2.67. The number of halogens is 3. The van der Waals surface area contributed by atoms with Crippen molar-refractivity contribution in [3.05, 3.63) is 29.3 Å². The van der Waals surface area contributed by atoms with E-state index < -0.39 is 34.6 Å². The van der Waals surface area contributed by atoms with Gasteiger partial charge in [0, 0.05) is 11.6 Å². The van der Waals surface area contributed by atoms with E-state index in [4.69, 9.17) is 5.14 Å². The van der Waals surface area contributed by atoms with Crippen molar-refractivity contribution < 1.29 is 26.4 Å². The molecule has 0 spiro atoms. The average Bonchev–Trinajstić information content (AvgIpc) is 2.24. The van der Waals surface area contributed by atoms with Crippen molar-refractivity contribution >= 4 is 15.9 Å². The molecule has 0 saturated carbocycles. The minimum absolute atomic E-state index is 0.0707. The Morgan fingerprint density at radius 3 is 2.43 bits per heavy atom. The molecule has 1 aromatic carbocycles. The zero-order chi connectivity index (χ0) is 16.4. The summed E-state index contributed by atoms with van der Waals surface area (Å²) in [4.78, 5) is 11.6. The molecule has 9 heteroatoms. The lowest BCUT2D eigenvalue weighted by atomic mass is 10.1. The minimum Gasteiger partial charge on any atom is -0.349 e. The first kappa shape index (κ1) is 17.4. The number of hydrogen-bond acceptors (Lipinski definition) is 3. The zero-order valence-corrected chi connectivity index (χ0v) is 12.2. The number of alkyl halides is 3. The van der Waals surface area contributed by atoms with Gasteiger partial charge < -0.3 is 5.32 Å². The fraction of sp³-hybridized carbons (Fsp3) is 0.417. The number of sulfonamides is 1. The predicted octanol–water partition coefficient (Wildman–Crippen LogP) is 1.71. The molecule has 0 aromatic heterocycles. The Balaban J connectivity index is 2.94. The van der Waals surface area contributed by atoms with Crippen molar-refractivity contribution in [2.45, 2.75) is 37.4 Å². The van der Waals surface area contributed by atoms with E-state index in [1.807, 2.05) is 0 Å². The molecule has 0 heterocycles. The van der Waals surface area contributed by atoms with Crippen LogP contribution in [0.5, 0.6) is 0 Å². The molecule has 0 aliphatic rings. The third kappa shape index (κ3) is 5.35. The number of amides is 1. The molecule has 5 nitrogen and oxygen atoms in total. The quantitative estimate of drug-likeness (QED) is 0.883. The Kier molecular flexibility index (Phi) is 5.00. The topological polar surface area (TPSA) is 89.3 Å². The second-order valence-corrected chi connectivity index (χ2v) is 6.25. The molecule has 1 unspecified atom stereocenters. The number of hydrogen-bond donors (Lipinski definition) is 2. The number of benzene rings is 1. The molecule has 1 atom stereocenters. The molecule has 3 N–H and O–H groups in total. The van der Waals surface area contributed by atoms with E-state index in [-0.39, 0.29) is 10.5 Å². The van der Waals surface area contributed by atoms with E-state index in [0.29, 0.717) is 5.56 Å². The van der Waals surface area contributed by atoms with E-state index in [1.165, 1.54) is 26.0 Å². The van der Waals surface area contributed by atoms with E-state index in [2.05, 4.69) is 5.32 Å². The number of primary sulfonamides is 1. The van der Waals surface area contributed by atoms with Gasteiger partial charge in [0.2, 0.25) is 10.0 Å². The van der Waals surface area contributed by atoms with Crippen LogP contribution in [0.15, 0.2) is 23.1 Å². The summed E-state index contributed by atoms with van der Waals surface area (Å²) in [6.07, 6.45) is -5.57. The number of nitrogens with one attached hydrogen (secondary N) is 1. The van der Waals surface area contributed by atoms with Crippen LogP contribution in [-0.2, 0) is 10.0 Å². The van der Waals surface area contributed by atoms with Crippen molar-refractivity contribution in [2.75, 3.05) is 0 Å². The molecule has 0 bridgehead atoms. The van der Waals surface area contributed by atoms with Crippen LogP contribution >= 0.6 is 0 Å². The monoisotopic (exact) mass is 324 g/mol. The first-order valence-corrected chi connectivity index (χ1v) is 7.46. The normalized spacial score (nSPS) is 13.8. The standard InChI is InChI=1S/C12H15F3N2O3S/c1-7-3-4-9(5-10(7)21(16,19)20)11(18)17-8(2)6-12(13,14)15/h3-5,8H,6H2,1-2H3,(H,17,18)(H2,16,19,20). The van der Waals surface area contributed by atoms with Crippen LogP contribution in [0.2, 0.25) is 0 Å². The van der Waals surface area contributed by atoms with E-state index in [9.17, 15) is 26.4 Å². The lowest BCUT2D eigenvalue weighted by Gasteiger charge is -2.16. The van der Waals surface area contributed by atoms with Crippen molar-refractivity contribution in [3.63, 3.8) is 0 Å². The Hall–Kier alpha value is -1.61. The maximum Gasteiger partial charge on any atom is 0.391 e. The number of carbonyl (C=O) groups is 1. The van der Waals surface area contributed by atoms with Crippen LogP contribution in [0.25, 0.3) is 0 Å². The predicted molar refractivity (Wildman–Crippen MR) is 70.2 cm³/mol. The SMILES string of the molecule is Cc1ccc(C(=O)NC(C)CC(F)(F)F)cc1S(N)(=O)=O. The molecular weight excluding hydrogens is 309 g/mol. The summed E-state index contributed by atoms with van der Waals surface area (Å²) in [7, 11) is -4.01. The van der Waals surface area contributed by atoms with E-state index in [1.54, 1.807) is 0 Å². The van der Waals surface area contributed by atoms with Crippen LogP contribution in [0, 0.1) is 6.92 Å². The van der Waals surface area contributed by atoms with Gasteiger partial charge in [-0.2, -0.15) is 13.2 Å². The Morgan fingerprint density at radius 1 is 1.38 bits per heavy atom. The fourth-order valence-corrected chi connectivity index (χ4v) is 2.56. The second-order valence-electron chi connectivity index (χ2n) is 4.72. The molecule has 0 aliphatic carbocycles. The zero-order valence-electron chi connectivity index (χ0n) is 11.4. The highest BCUT2D eigenvalue weighted by Crippen LogP contribution is 2.21. The molecule has 1 aromatic rings. The van der Waals surface area contributed by atoms with Crippen LogP contribution in [0.3, 0.4) is 0 Å². The van der Waals surface area contributed by atoms with E-state index in [0.717, 1.165) is 6.07 Å². The maximum absolute atomic E-state index is 12.2. The molecule has 0 saturated heterocycles. The van der Waals surface area contributed by atoms with Gasteiger partial charge in [-0.05, 0) is 31.5 Å². The Labute approximate surface area is 120 Å². The number of carbonyl (C=O) groups excluding carboxylic acids is 1. The van der Waals surface area contributed by atoms with Gasteiger partial charge in [-0.15, -0.1) is 0 Å². The van der Waals surface area contributed by atoms with Gasteiger partial charge in [0.1, 0.15) is 0 Å². The first-order valence-electron chi connectivity index (χ1n) is 5.91. The molecule has 1 amide bonds. The molecule has 0 fully saturated rings. The van der Waals surface area contributed by atoms with Crippen LogP contribution in [0.4, 0.5) is 13.2 Å². The summed E-state index contributed by atoms with van der Waals surface area (Å²) < 4.78 is 59.2. The lowest BCUT2D eigenvalue weighted by molar-refractivity contribution is -0.138. The van der Waals surface area contributed by atoms with Gasteiger partial charge in [-0.3, -0.25) is 4.79 Å². The molecule has 21 heavy (non-hydrogen) atoms. The van der Waals surface area contributed by atoms with Gasteiger partial charge >= 0.3 is 6.18 Å². The van der Waals surface area contributed by atoms with Gasteiger partial charge in [0.25, 0.3) is 5.91 Å². The Morgan fingerprint density at radius 2 is 1.95 bits per heavy atom. The van der Waals surface area contributed by atoms with Gasteiger partial charge in [-0.25, -0.2) is 13.6 Å².